The number of quaternary nitrogens is 2. The highest BCUT2D eigenvalue weighted by Crippen LogP contribution is 2.17. The van der Waals surface area contributed by atoms with Crippen molar-refractivity contribution in [3.8, 4) is 0 Å². The summed E-state index contributed by atoms with van der Waals surface area (Å²) in [6.07, 6.45) is 1.52. The number of likely N-dealkylation sites (N-methyl/N-ethyl adjacent to an activating group) is 1. The Kier molecular flexibility index (Phi) is 6.43. The van der Waals surface area contributed by atoms with Gasteiger partial charge < -0.3 is 18.4 Å². The Morgan fingerprint density at radius 1 is 1.30 bits per heavy atom. The van der Waals surface area contributed by atoms with Crippen LogP contribution in [0.5, 0.6) is 0 Å². The molecule has 1 aliphatic rings. The summed E-state index contributed by atoms with van der Waals surface area (Å²) in [6.45, 7) is 7.15. The Balaban J connectivity index is 2.39. The third-order valence-electron chi connectivity index (χ3n) is 4.27. The van der Waals surface area contributed by atoms with Crippen LogP contribution in [0.1, 0.15) is 19.8 Å². The number of morpholine rings is 1. The van der Waals surface area contributed by atoms with Gasteiger partial charge in [-0.1, -0.05) is 6.92 Å². The van der Waals surface area contributed by atoms with Crippen LogP contribution >= 0.6 is 0 Å². The van der Waals surface area contributed by atoms with Gasteiger partial charge in [0.2, 0.25) is 0 Å². The molecule has 0 aromatic rings. The van der Waals surface area contributed by atoms with Gasteiger partial charge in [0.15, 0.2) is 0 Å². The molecule has 1 saturated heterocycles. The molecule has 0 N–H and O–H groups in total. The van der Waals surface area contributed by atoms with Crippen LogP contribution in [0.2, 0.25) is 0 Å². The Hall–Kier alpha value is -0.650. The van der Waals surface area contributed by atoms with Crippen molar-refractivity contribution < 1.29 is 23.2 Å². The lowest BCUT2D eigenvalue weighted by Crippen LogP contribution is -2.59. The molecule has 0 aliphatic carbocycles. The molecule has 0 aromatic carbocycles. The van der Waals surface area contributed by atoms with Crippen LogP contribution in [-0.2, 0) is 14.3 Å². The number of hydrogen-bond donors (Lipinski definition) is 0. The summed E-state index contributed by atoms with van der Waals surface area (Å²) >= 11 is 0. The first-order chi connectivity index (χ1) is 9.27. The molecule has 20 heavy (non-hydrogen) atoms. The number of nitrogens with zero attached hydrogens (tertiary/aromatic N) is 2. The van der Waals surface area contributed by atoms with Gasteiger partial charge in [0.25, 0.3) is 0 Å². The number of ether oxygens (including phenoxy) is 2. The first-order valence-corrected chi connectivity index (χ1v) is 7.65. The second-order valence-electron chi connectivity index (χ2n) is 7.05. The van der Waals surface area contributed by atoms with Gasteiger partial charge in [0, 0.05) is 6.42 Å². The quantitative estimate of drug-likeness (QED) is 0.515. The van der Waals surface area contributed by atoms with E-state index in [9.17, 15) is 4.79 Å². The van der Waals surface area contributed by atoms with E-state index in [2.05, 4.69) is 35.1 Å². The average molecular weight is 288 g/mol. The van der Waals surface area contributed by atoms with Crippen molar-refractivity contribution in [1.29, 1.82) is 0 Å². The zero-order valence-electron chi connectivity index (χ0n) is 13.9. The van der Waals surface area contributed by atoms with Gasteiger partial charge in [-0.25, -0.2) is 0 Å². The second-order valence-corrected chi connectivity index (χ2v) is 7.05. The summed E-state index contributed by atoms with van der Waals surface area (Å²) in [4.78, 5) is 11.8. The molecule has 0 bridgehead atoms. The number of hydrogen-bond acceptors (Lipinski definition) is 3. The molecule has 5 heteroatoms. The molecule has 1 heterocycles. The van der Waals surface area contributed by atoms with Crippen molar-refractivity contribution >= 4 is 5.97 Å². The summed E-state index contributed by atoms with van der Waals surface area (Å²) in [7, 11) is 8.50. The number of carbonyl (C=O) groups is 1. The third kappa shape index (κ3) is 5.77. The minimum absolute atomic E-state index is 0.0728. The van der Waals surface area contributed by atoms with Crippen LogP contribution < -0.4 is 0 Å². The summed E-state index contributed by atoms with van der Waals surface area (Å²) in [5, 5.41) is 0. The molecule has 0 radical (unpaired) electrons. The van der Waals surface area contributed by atoms with E-state index in [-0.39, 0.29) is 5.97 Å². The van der Waals surface area contributed by atoms with Gasteiger partial charge in [-0.2, -0.15) is 0 Å². The van der Waals surface area contributed by atoms with Gasteiger partial charge in [-0.15, -0.1) is 0 Å². The molecular weight excluding hydrogens is 256 g/mol. The Bertz CT molecular complexity index is 307. The number of rotatable bonds is 7. The standard InChI is InChI=1S/C15H32N2O3/c1-6-14(17(5)9-11-19-12-10-17)13-20-15(18)7-8-16(2,3)4/h14H,6-13H2,1-5H3/q+2. The average Bonchev–Trinajstić information content (AvgIpc) is 2.37. The van der Waals surface area contributed by atoms with Crippen LogP contribution in [0.3, 0.4) is 0 Å². The van der Waals surface area contributed by atoms with Crippen LogP contribution in [0.25, 0.3) is 0 Å². The fourth-order valence-electron chi connectivity index (χ4n) is 2.55. The second kappa shape index (κ2) is 7.38. The summed E-state index contributed by atoms with van der Waals surface area (Å²) in [5.74, 6) is -0.0728. The lowest BCUT2D eigenvalue weighted by Gasteiger charge is -2.43. The lowest BCUT2D eigenvalue weighted by molar-refractivity contribution is -0.940. The van der Waals surface area contributed by atoms with Crippen LogP contribution in [0, 0.1) is 0 Å². The fraction of sp³-hybridized carbons (Fsp3) is 0.933. The molecule has 1 fully saturated rings. The highest BCUT2D eigenvalue weighted by Gasteiger charge is 2.34. The first-order valence-electron chi connectivity index (χ1n) is 7.65. The molecule has 0 spiro atoms. The number of carbonyl (C=O) groups excluding carboxylic acids is 1. The maximum absolute atomic E-state index is 11.8. The molecule has 1 rings (SSSR count). The fourth-order valence-corrected chi connectivity index (χ4v) is 2.55. The molecular formula is C15H32N2O3+2. The van der Waals surface area contributed by atoms with Crippen molar-refractivity contribution in [2.45, 2.75) is 25.8 Å². The highest BCUT2D eigenvalue weighted by atomic mass is 16.5. The largest absolute Gasteiger partial charge is 0.459 e. The van der Waals surface area contributed by atoms with Gasteiger partial charge >= 0.3 is 5.97 Å². The Labute approximate surface area is 123 Å². The molecule has 5 nitrogen and oxygen atoms in total. The maximum atomic E-state index is 11.8. The van der Waals surface area contributed by atoms with E-state index in [1.807, 2.05) is 0 Å². The smallest absolute Gasteiger partial charge is 0.311 e. The Morgan fingerprint density at radius 2 is 1.90 bits per heavy atom. The minimum atomic E-state index is -0.0728. The van der Waals surface area contributed by atoms with Gasteiger partial charge in [0.05, 0.1) is 54.4 Å². The molecule has 0 aromatic heterocycles. The predicted octanol–water partition coefficient (Wildman–Crippen LogP) is 0.881. The van der Waals surface area contributed by atoms with Crippen LogP contribution in [0.15, 0.2) is 0 Å². The highest BCUT2D eigenvalue weighted by molar-refractivity contribution is 5.69. The van der Waals surface area contributed by atoms with E-state index in [0.717, 1.165) is 48.2 Å². The van der Waals surface area contributed by atoms with Gasteiger partial charge in [-0.05, 0) is 0 Å². The summed E-state index contributed by atoms with van der Waals surface area (Å²) in [6, 6.07) is 0.381. The van der Waals surface area contributed by atoms with E-state index >= 15 is 0 Å². The van der Waals surface area contributed by atoms with E-state index in [4.69, 9.17) is 9.47 Å². The topological polar surface area (TPSA) is 35.5 Å². The third-order valence-corrected chi connectivity index (χ3v) is 4.27. The molecule has 118 valence electrons. The maximum Gasteiger partial charge on any atom is 0.311 e. The minimum Gasteiger partial charge on any atom is -0.459 e. The van der Waals surface area contributed by atoms with E-state index in [1.54, 1.807) is 0 Å². The van der Waals surface area contributed by atoms with Crippen molar-refractivity contribution in [3.05, 3.63) is 0 Å². The molecule has 1 unspecified atom stereocenters. The van der Waals surface area contributed by atoms with Crippen LogP contribution in [0.4, 0.5) is 0 Å². The van der Waals surface area contributed by atoms with Gasteiger partial charge in [-0.3, -0.25) is 4.79 Å². The van der Waals surface area contributed by atoms with Gasteiger partial charge in [0.1, 0.15) is 25.7 Å². The molecule has 0 amide bonds. The van der Waals surface area contributed by atoms with Crippen LogP contribution in [-0.4, -0.2) is 88.6 Å². The van der Waals surface area contributed by atoms with Crippen molar-refractivity contribution in [3.63, 3.8) is 0 Å². The monoisotopic (exact) mass is 288 g/mol. The SMILES string of the molecule is CCC(COC(=O)CC[N+](C)(C)C)[N+]1(C)CCOCC1. The predicted molar refractivity (Wildman–Crippen MR) is 79.3 cm³/mol. The Morgan fingerprint density at radius 3 is 2.40 bits per heavy atom. The lowest BCUT2D eigenvalue weighted by atomic mass is 10.1. The first kappa shape index (κ1) is 17.4. The molecule has 1 aliphatic heterocycles. The normalized spacial score (nSPS) is 20.4. The van der Waals surface area contributed by atoms with Crippen molar-refractivity contribution in [2.75, 3.05) is 67.6 Å². The van der Waals surface area contributed by atoms with Crippen molar-refractivity contribution in [1.82, 2.24) is 0 Å². The summed E-state index contributed by atoms with van der Waals surface area (Å²) < 4.78 is 12.7. The number of esters is 1. The molecule has 1 atom stereocenters. The zero-order valence-corrected chi connectivity index (χ0v) is 13.9. The van der Waals surface area contributed by atoms with E-state index in [1.165, 1.54) is 0 Å². The summed E-state index contributed by atoms with van der Waals surface area (Å²) in [5.41, 5.74) is 0. The van der Waals surface area contributed by atoms with E-state index < -0.39 is 0 Å². The zero-order chi connectivity index (χ0) is 15.2. The van der Waals surface area contributed by atoms with Crippen molar-refractivity contribution in [2.24, 2.45) is 0 Å². The van der Waals surface area contributed by atoms with E-state index in [0.29, 0.717) is 19.1 Å². The molecule has 0 saturated carbocycles.